The lowest BCUT2D eigenvalue weighted by atomic mass is 9.98. The zero-order valence-electron chi connectivity index (χ0n) is 12.8. The summed E-state index contributed by atoms with van der Waals surface area (Å²) in [5.41, 5.74) is 0.584. The Hall–Kier alpha value is -1.43. The summed E-state index contributed by atoms with van der Waals surface area (Å²) in [5.74, 6) is -1.81. The van der Waals surface area contributed by atoms with Crippen LogP contribution in [0.3, 0.4) is 0 Å². The Bertz CT molecular complexity index is 517. The van der Waals surface area contributed by atoms with Gasteiger partial charge in [0.1, 0.15) is 4.88 Å². The maximum atomic E-state index is 12.2. The van der Waals surface area contributed by atoms with Crippen molar-refractivity contribution < 1.29 is 14.7 Å². The number of amides is 1. The minimum absolute atomic E-state index is 0.103. The lowest BCUT2D eigenvalue weighted by molar-refractivity contribution is -0.141. The third kappa shape index (κ3) is 3.79. The molecule has 2 N–H and O–H groups in total. The van der Waals surface area contributed by atoms with Crippen molar-refractivity contribution in [2.45, 2.75) is 53.0 Å². The molecule has 20 heavy (non-hydrogen) atoms. The summed E-state index contributed by atoms with van der Waals surface area (Å²) in [6.45, 7) is 11.2. The van der Waals surface area contributed by atoms with Crippen molar-refractivity contribution >= 4 is 23.2 Å². The highest BCUT2D eigenvalue weighted by Crippen LogP contribution is 2.29. The number of nitrogens with zero attached hydrogens (tertiary/aromatic N) is 1. The van der Waals surface area contributed by atoms with Gasteiger partial charge in [0.05, 0.1) is 16.6 Å². The molecule has 1 rings (SSSR count). The van der Waals surface area contributed by atoms with E-state index in [9.17, 15) is 9.59 Å². The first-order valence-corrected chi connectivity index (χ1v) is 7.37. The van der Waals surface area contributed by atoms with E-state index in [1.54, 1.807) is 20.8 Å². The number of carboxylic acid groups (broad SMARTS) is 1. The summed E-state index contributed by atoms with van der Waals surface area (Å²) in [6.07, 6.45) is 0. The molecule has 1 heterocycles. The van der Waals surface area contributed by atoms with E-state index < -0.39 is 17.9 Å². The van der Waals surface area contributed by atoms with Crippen molar-refractivity contribution in [3.05, 3.63) is 15.6 Å². The van der Waals surface area contributed by atoms with Gasteiger partial charge in [-0.05, 0) is 20.8 Å². The van der Waals surface area contributed by atoms with Crippen molar-refractivity contribution in [1.82, 2.24) is 10.3 Å². The summed E-state index contributed by atoms with van der Waals surface area (Å²) in [4.78, 5) is 28.1. The Morgan fingerprint density at radius 3 is 2.25 bits per heavy atom. The number of carbonyl (C=O) groups excluding carboxylic acids is 1. The zero-order valence-corrected chi connectivity index (χ0v) is 13.6. The van der Waals surface area contributed by atoms with Crippen LogP contribution < -0.4 is 5.32 Å². The highest BCUT2D eigenvalue weighted by Gasteiger charge is 2.26. The maximum absolute atomic E-state index is 12.2. The summed E-state index contributed by atoms with van der Waals surface area (Å²) in [6, 6.07) is -0.431. The zero-order chi connectivity index (χ0) is 15.7. The number of hydrogen-bond acceptors (Lipinski definition) is 4. The number of carboxylic acids is 1. The number of hydrogen-bond donors (Lipinski definition) is 2. The van der Waals surface area contributed by atoms with E-state index >= 15 is 0 Å². The number of aromatic nitrogens is 1. The highest BCUT2D eigenvalue weighted by molar-refractivity contribution is 7.14. The van der Waals surface area contributed by atoms with Gasteiger partial charge in [-0.25, -0.2) is 4.98 Å². The SMILES string of the molecule is Cc1nc(C(C)(C)C)sc1C(=O)NC(C)C(C)C(=O)O. The molecule has 0 aliphatic heterocycles. The molecule has 1 amide bonds. The van der Waals surface area contributed by atoms with Gasteiger partial charge in [0.15, 0.2) is 0 Å². The average Bonchev–Trinajstić information content (AvgIpc) is 2.69. The Kier molecular flexibility index (Phi) is 4.91. The molecular formula is C14H22N2O3S. The van der Waals surface area contributed by atoms with Crippen LogP contribution in [0.2, 0.25) is 0 Å². The van der Waals surface area contributed by atoms with Crippen LogP contribution in [-0.4, -0.2) is 28.0 Å². The number of carbonyl (C=O) groups is 2. The molecule has 0 spiro atoms. The number of nitrogens with one attached hydrogen (secondary N) is 1. The largest absolute Gasteiger partial charge is 0.481 e. The molecule has 0 bridgehead atoms. The van der Waals surface area contributed by atoms with Gasteiger partial charge in [-0.15, -0.1) is 11.3 Å². The van der Waals surface area contributed by atoms with E-state index in [0.29, 0.717) is 10.6 Å². The molecule has 0 fully saturated rings. The van der Waals surface area contributed by atoms with Crippen molar-refractivity contribution in [3.8, 4) is 0 Å². The second kappa shape index (κ2) is 5.91. The molecule has 112 valence electrons. The van der Waals surface area contributed by atoms with Crippen LogP contribution in [0.5, 0.6) is 0 Å². The van der Waals surface area contributed by atoms with Crippen molar-refractivity contribution in [2.24, 2.45) is 5.92 Å². The fraction of sp³-hybridized carbons (Fsp3) is 0.643. The van der Waals surface area contributed by atoms with E-state index in [-0.39, 0.29) is 11.3 Å². The van der Waals surface area contributed by atoms with Crippen LogP contribution >= 0.6 is 11.3 Å². The van der Waals surface area contributed by atoms with Gasteiger partial charge in [0.25, 0.3) is 5.91 Å². The fourth-order valence-corrected chi connectivity index (χ4v) is 2.57. The highest BCUT2D eigenvalue weighted by atomic mass is 32.1. The molecule has 0 aliphatic rings. The van der Waals surface area contributed by atoms with Crippen LogP contribution in [0.4, 0.5) is 0 Å². The van der Waals surface area contributed by atoms with Crippen molar-refractivity contribution in [3.63, 3.8) is 0 Å². The van der Waals surface area contributed by atoms with Crippen molar-refractivity contribution in [1.29, 1.82) is 0 Å². The normalized spacial score (nSPS) is 14.7. The molecule has 6 heteroatoms. The lowest BCUT2D eigenvalue weighted by Gasteiger charge is -2.17. The third-order valence-corrected chi connectivity index (χ3v) is 4.72. The molecule has 0 saturated heterocycles. The quantitative estimate of drug-likeness (QED) is 0.895. The van der Waals surface area contributed by atoms with Gasteiger partial charge < -0.3 is 10.4 Å². The second-order valence-electron chi connectivity index (χ2n) is 6.07. The molecule has 2 unspecified atom stereocenters. The molecule has 1 aromatic rings. The molecular weight excluding hydrogens is 276 g/mol. The smallest absolute Gasteiger partial charge is 0.308 e. The van der Waals surface area contributed by atoms with Gasteiger partial charge in [0, 0.05) is 11.5 Å². The van der Waals surface area contributed by atoms with Crippen LogP contribution in [-0.2, 0) is 10.2 Å². The number of thiazole rings is 1. The minimum Gasteiger partial charge on any atom is -0.481 e. The van der Waals surface area contributed by atoms with Gasteiger partial charge in [-0.2, -0.15) is 0 Å². The molecule has 2 atom stereocenters. The molecule has 0 saturated carbocycles. The van der Waals surface area contributed by atoms with Gasteiger partial charge in [-0.1, -0.05) is 20.8 Å². The van der Waals surface area contributed by atoms with Gasteiger partial charge in [0.2, 0.25) is 0 Å². The van der Waals surface area contributed by atoms with Crippen LogP contribution in [0.15, 0.2) is 0 Å². The summed E-state index contributed by atoms with van der Waals surface area (Å²) < 4.78 is 0. The summed E-state index contributed by atoms with van der Waals surface area (Å²) >= 11 is 1.37. The number of aliphatic carboxylic acids is 1. The molecule has 0 aromatic carbocycles. The van der Waals surface area contributed by atoms with Gasteiger partial charge >= 0.3 is 5.97 Å². The Morgan fingerprint density at radius 1 is 1.30 bits per heavy atom. The van der Waals surface area contributed by atoms with E-state index in [1.165, 1.54) is 11.3 Å². The average molecular weight is 298 g/mol. The summed E-state index contributed by atoms with van der Waals surface area (Å²) in [5, 5.41) is 12.6. The van der Waals surface area contributed by atoms with E-state index in [1.807, 2.05) is 20.8 Å². The molecule has 0 aliphatic carbocycles. The van der Waals surface area contributed by atoms with Crippen molar-refractivity contribution in [2.75, 3.05) is 0 Å². The molecule has 0 radical (unpaired) electrons. The van der Waals surface area contributed by atoms with Crippen LogP contribution in [0.1, 0.15) is 55.0 Å². The number of rotatable bonds is 4. The Labute approximate surface area is 123 Å². The van der Waals surface area contributed by atoms with E-state index in [0.717, 1.165) is 5.01 Å². The monoisotopic (exact) mass is 298 g/mol. The predicted octanol–water partition coefficient (Wildman–Crippen LogP) is 2.59. The molecule has 1 aromatic heterocycles. The third-order valence-electron chi connectivity index (χ3n) is 3.14. The first-order valence-electron chi connectivity index (χ1n) is 6.55. The van der Waals surface area contributed by atoms with Gasteiger partial charge in [-0.3, -0.25) is 9.59 Å². The standard InChI is InChI=1S/C14H22N2O3S/c1-7(12(18)19)8(2)15-11(17)10-9(3)16-13(20-10)14(4,5)6/h7-8H,1-6H3,(H,15,17)(H,18,19). The summed E-state index contributed by atoms with van der Waals surface area (Å²) in [7, 11) is 0. The Morgan fingerprint density at radius 2 is 1.85 bits per heavy atom. The van der Waals surface area contributed by atoms with E-state index in [2.05, 4.69) is 10.3 Å². The minimum atomic E-state index is -0.922. The predicted molar refractivity (Wildman–Crippen MR) is 79.3 cm³/mol. The van der Waals surface area contributed by atoms with E-state index in [4.69, 9.17) is 5.11 Å². The first kappa shape index (κ1) is 16.6. The maximum Gasteiger partial charge on any atom is 0.308 e. The lowest BCUT2D eigenvalue weighted by Crippen LogP contribution is -2.39. The first-order chi connectivity index (χ1) is 9.04. The number of aryl methyl sites for hydroxylation is 1. The Balaban J connectivity index is 2.89. The second-order valence-corrected chi connectivity index (χ2v) is 7.07. The molecule has 5 nitrogen and oxygen atoms in total. The topological polar surface area (TPSA) is 79.3 Å². The van der Waals surface area contributed by atoms with Crippen LogP contribution in [0, 0.1) is 12.8 Å². The fourth-order valence-electron chi connectivity index (χ4n) is 1.54. The van der Waals surface area contributed by atoms with Crippen LogP contribution in [0.25, 0.3) is 0 Å².